The minimum Gasteiger partial charge on any atom is -0.480 e. The number of nitrogens with zero attached hydrogens (tertiary/aromatic N) is 2. The highest BCUT2D eigenvalue weighted by Gasteiger charge is 2.28. The number of carboxylic acids is 1. The molecule has 0 saturated heterocycles. The van der Waals surface area contributed by atoms with Crippen LogP contribution in [0.15, 0.2) is 24.3 Å². The van der Waals surface area contributed by atoms with Crippen LogP contribution in [0.2, 0.25) is 0 Å². The number of aliphatic carboxylic acids is 1. The first-order valence-corrected chi connectivity index (χ1v) is 7.58. The number of sulfonamides is 1. The molecule has 0 aliphatic rings. The average molecular weight is 296 g/mol. The Balaban J connectivity index is 3.10. The summed E-state index contributed by atoms with van der Waals surface area (Å²) in [6, 6.07) is 7.83. The quantitative estimate of drug-likeness (QED) is 0.850. The van der Waals surface area contributed by atoms with Crippen molar-refractivity contribution >= 4 is 16.0 Å². The first-order valence-electron chi connectivity index (χ1n) is 5.97. The molecule has 1 aromatic carbocycles. The molecule has 0 radical (unpaired) electrons. The first kappa shape index (κ1) is 16.1. The zero-order valence-corrected chi connectivity index (χ0v) is 12.1. The Morgan fingerprint density at radius 1 is 1.40 bits per heavy atom. The van der Waals surface area contributed by atoms with E-state index >= 15 is 0 Å². The van der Waals surface area contributed by atoms with Crippen LogP contribution < -0.4 is 0 Å². The van der Waals surface area contributed by atoms with Crippen LogP contribution in [0.4, 0.5) is 0 Å². The largest absolute Gasteiger partial charge is 0.480 e. The monoisotopic (exact) mass is 296 g/mol. The number of rotatable bonds is 6. The molecule has 0 spiro atoms. The summed E-state index contributed by atoms with van der Waals surface area (Å²) < 4.78 is 25.5. The van der Waals surface area contributed by atoms with Gasteiger partial charge in [-0.05, 0) is 25.5 Å². The zero-order chi connectivity index (χ0) is 15.3. The second-order valence-corrected chi connectivity index (χ2v) is 6.48. The topological polar surface area (TPSA) is 98.5 Å². The fourth-order valence-corrected chi connectivity index (χ4v) is 3.53. The van der Waals surface area contributed by atoms with Crippen molar-refractivity contribution in [3.8, 4) is 6.07 Å². The summed E-state index contributed by atoms with van der Waals surface area (Å²) in [6.45, 7) is 2.63. The molecule has 0 unspecified atom stereocenters. The highest BCUT2D eigenvalue weighted by molar-refractivity contribution is 7.88. The summed E-state index contributed by atoms with van der Waals surface area (Å²) in [6.07, 6.45) is 0. The number of hydrogen-bond acceptors (Lipinski definition) is 4. The fraction of sp³-hybridized carbons (Fsp3) is 0.385. The van der Waals surface area contributed by atoms with E-state index in [-0.39, 0.29) is 11.3 Å². The third-order valence-corrected chi connectivity index (χ3v) is 4.64. The molecule has 108 valence electrons. The van der Waals surface area contributed by atoms with E-state index in [0.29, 0.717) is 5.56 Å². The third kappa shape index (κ3) is 4.05. The lowest BCUT2D eigenvalue weighted by Crippen LogP contribution is -2.41. The van der Waals surface area contributed by atoms with Crippen molar-refractivity contribution in [3.05, 3.63) is 35.4 Å². The average Bonchev–Trinajstić information content (AvgIpc) is 2.35. The van der Waals surface area contributed by atoms with Crippen molar-refractivity contribution in [1.82, 2.24) is 4.31 Å². The number of carboxylic acid groups (broad SMARTS) is 1. The Kier molecular flexibility index (Phi) is 5.25. The highest BCUT2D eigenvalue weighted by atomic mass is 32.2. The van der Waals surface area contributed by atoms with Gasteiger partial charge >= 0.3 is 5.97 Å². The van der Waals surface area contributed by atoms with Gasteiger partial charge in [0.2, 0.25) is 10.0 Å². The lowest BCUT2D eigenvalue weighted by atomic mass is 10.1. The standard InChI is InChI=1S/C13H16N2O4S/c1-10(2)15(8-13(16)17)20(18,19)9-12-6-4-3-5-11(12)7-14/h3-6,10H,8-9H2,1-2H3,(H,16,17). The van der Waals surface area contributed by atoms with Crippen molar-refractivity contribution in [3.63, 3.8) is 0 Å². The van der Waals surface area contributed by atoms with E-state index in [1.807, 2.05) is 6.07 Å². The molecule has 0 aromatic heterocycles. The second kappa shape index (κ2) is 6.50. The van der Waals surface area contributed by atoms with Crippen molar-refractivity contribution in [2.24, 2.45) is 0 Å². The van der Waals surface area contributed by atoms with Crippen LogP contribution in [-0.4, -0.2) is 36.4 Å². The Morgan fingerprint density at radius 2 is 2.00 bits per heavy atom. The smallest absolute Gasteiger partial charge is 0.318 e. The van der Waals surface area contributed by atoms with Gasteiger partial charge in [0.05, 0.1) is 17.4 Å². The molecule has 20 heavy (non-hydrogen) atoms. The molecule has 7 heteroatoms. The lowest BCUT2D eigenvalue weighted by molar-refractivity contribution is -0.137. The normalized spacial score (nSPS) is 11.6. The minimum absolute atomic E-state index is 0.273. The van der Waals surface area contributed by atoms with E-state index < -0.39 is 28.6 Å². The molecule has 0 fully saturated rings. The van der Waals surface area contributed by atoms with Crippen LogP contribution in [0.3, 0.4) is 0 Å². The van der Waals surface area contributed by atoms with Gasteiger partial charge in [-0.15, -0.1) is 0 Å². The van der Waals surface area contributed by atoms with Crippen LogP contribution >= 0.6 is 0 Å². The van der Waals surface area contributed by atoms with Gasteiger partial charge in [-0.25, -0.2) is 8.42 Å². The van der Waals surface area contributed by atoms with Gasteiger partial charge in [0.1, 0.15) is 6.54 Å². The predicted molar refractivity (Wildman–Crippen MR) is 73.3 cm³/mol. The minimum atomic E-state index is -3.80. The molecule has 0 heterocycles. The highest BCUT2D eigenvalue weighted by Crippen LogP contribution is 2.16. The summed E-state index contributed by atoms with van der Waals surface area (Å²) in [4.78, 5) is 10.8. The SMILES string of the molecule is CC(C)N(CC(=O)O)S(=O)(=O)Cc1ccccc1C#N. The summed E-state index contributed by atoms with van der Waals surface area (Å²) in [5.41, 5.74) is 0.640. The molecule has 6 nitrogen and oxygen atoms in total. The van der Waals surface area contributed by atoms with Crippen molar-refractivity contribution < 1.29 is 18.3 Å². The number of nitriles is 1. The molecule has 0 bridgehead atoms. The van der Waals surface area contributed by atoms with Gasteiger partial charge in [-0.1, -0.05) is 18.2 Å². The van der Waals surface area contributed by atoms with Crippen molar-refractivity contribution in [1.29, 1.82) is 5.26 Å². The van der Waals surface area contributed by atoms with Gasteiger partial charge < -0.3 is 5.11 Å². The molecule has 1 rings (SSSR count). The first-order chi connectivity index (χ1) is 9.27. The van der Waals surface area contributed by atoms with Gasteiger partial charge in [0.15, 0.2) is 0 Å². The molecular formula is C13H16N2O4S. The molecule has 0 atom stereocenters. The van der Waals surface area contributed by atoms with Crippen LogP contribution in [0.1, 0.15) is 25.0 Å². The Bertz CT molecular complexity index is 632. The molecule has 0 saturated carbocycles. The molecule has 0 aliphatic carbocycles. The number of hydrogen-bond donors (Lipinski definition) is 1. The van der Waals surface area contributed by atoms with E-state index in [1.54, 1.807) is 32.0 Å². The van der Waals surface area contributed by atoms with Crippen LogP contribution in [0, 0.1) is 11.3 Å². The van der Waals surface area contributed by atoms with E-state index in [2.05, 4.69) is 0 Å². The molecule has 0 aliphatic heterocycles. The van der Waals surface area contributed by atoms with Crippen molar-refractivity contribution in [2.45, 2.75) is 25.6 Å². The van der Waals surface area contributed by atoms with Crippen LogP contribution in [0.25, 0.3) is 0 Å². The van der Waals surface area contributed by atoms with E-state index in [4.69, 9.17) is 10.4 Å². The zero-order valence-electron chi connectivity index (χ0n) is 11.3. The van der Waals surface area contributed by atoms with Crippen molar-refractivity contribution in [2.75, 3.05) is 6.54 Å². The maximum atomic E-state index is 12.3. The number of carbonyl (C=O) groups is 1. The van der Waals surface area contributed by atoms with Gasteiger partial charge in [-0.3, -0.25) is 4.79 Å². The van der Waals surface area contributed by atoms with Crippen LogP contribution in [-0.2, 0) is 20.6 Å². The summed E-state index contributed by atoms with van der Waals surface area (Å²) in [5.74, 6) is -1.60. The van der Waals surface area contributed by atoms with E-state index in [9.17, 15) is 13.2 Å². The maximum absolute atomic E-state index is 12.3. The Labute approximate surface area is 118 Å². The molecular weight excluding hydrogens is 280 g/mol. The predicted octanol–water partition coefficient (Wildman–Crippen LogP) is 1.18. The molecule has 1 aromatic rings. The molecule has 1 N–H and O–H groups in total. The Morgan fingerprint density at radius 3 is 2.50 bits per heavy atom. The van der Waals surface area contributed by atoms with Gasteiger partial charge in [0, 0.05) is 6.04 Å². The van der Waals surface area contributed by atoms with E-state index in [1.165, 1.54) is 6.07 Å². The van der Waals surface area contributed by atoms with Crippen LogP contribution in [0.5, 0.6) is 0 Å². The number of benzene rings is 1. The summed E-state index contributed by atoms with van der Waals surface area (Å²) >= 11 is 0. The second-order valence-electron chi connectivity index (χ2n) is 4.56. The maximum Gasteiger partial charge on any atom is 0.318 e. The lowest BCUT2D eigenvalue weighted by Gasteiger charge is -2.24. The summed E-state index contributed by atoms with van der Waals surface area (Å²) in [5, 5.41) is 17.8. The van der Waals surface area contributed by atoms with Gasteiger partial charge in [0.25, 0.3) is 0 Å². The fourth-order valence-electron chi connectivity index (χ4n) is 1.77. The Hall–Kier alpha value is -1.91. The molecule has 0 amide bonds. The van der Waals surface area contributed by atoms with Gasteiger partial charge in [-0.2, -0.15) is 9.57 Å². The third-order valence-electron chi connectivity index (χ3n) is 2.70. The van der Waals surface area contributed by atoms with E-state index in [0.717, 1.165) is 4.31 Å². The summed E-state index contributed by atoms with van der Waals surface area (Å²) in [7, 11) is -3.80.